The minimum absolute atomic E-state index is 0.0195. The monoisotopic (exact) mass is 629 g/mol. The number of anilines is 2. The fraction of sp³-hybridized carbons (Fsp3) is 0.478. The third kappa shape index (κ3) is 6.69. The molecule has 1 aliphatic rings. The van der Waals surface area contributed by atoms with Gasteiger partial charge in [0.15, 0.2) is 0 Å². The maximum absolute atomic E-state index is 13.8. The average molecular weight is 628 g/mol. The zero-order valence-electron chi connectivity index (χ0n) is 21.8. The van der Waals surface area contributed by atoms with E-state index >= 15 is 0 Å². The molecule has 0 radical (unpaired) electrons. The molecule has 0 saturated carbocycles. The molecule has 1 aliphatic heterocycles. The summed E-state index contributed by atoms with van der Waals surface area (Å²) < 4.78 is 38.3. The molecule has 212 valence electrons. The van der Waals surface area contributed by atoms with Crippen molar-refractivity contribution >= 4 is 51.6 Å². The second-order valence-corrected chi connectivity index (χ2v) is 12.9. The number of benzene rings is 1. The van der Waals surface area contributed by atoms with Crippen LogP contribution >= 0.6 is 7.75 Å². The minimum atomic E-state index is -4.14. The van der Waals surface area contributed by atoms with Crippen LogP contribution in [-0.4, -0.2) is 76.5 Å². The molecule has 16 heteroatoms. The van der Waals surface area contributed by atoms with Crippen molar-refractivity contribution in [3.63, 3.8) is 0 Å². The van der Waals surface area contributed by atoms with Crippen LogP contribution in [0.15, 0.2) is 36.7 Å². The molecule has 2 aromatic heterocycles. The molecule has 0 aliphatic carbocycles. The van der Waals surface area contributed by atoms with Crippen LogP contribution in [0, 0.1) is 0 Å². The van der Waals surface area contributed by atoms with E-state index < -0.39 is 38.2 Å². The van der Waals surface area contributed by atoms with E-state index in [1.54, 1.807) is 48.7 Å². The standard InChI is InChI=1S/C23H32N7O7PSe/c1-12(2)35-22(32)13(3)29-38(33,37-14-8-6-5-7-9-14)34-10-15-17(31)18(39-4)21(36-15)30-11-26-16-19(24)27-23(25)28-20(16)30/h5-9,11-13,15,17-18,21,31H,10H2,1-4H3,(H,29,33)(H4,24,25,27,28)/t13-,15+,17+,18-,21+,38?/m0/s1. The van der Waals surface area contributed by atoms with Crippen LogP contribution in [0.1, 0.15) is 27.0 Å². The summed E-state index contributed by atoms with van der Waals surface area (Å²) in [7, 11) is -4.14. The molecule has 14 nitrogen and oxygen atoms in total. The van der Waals surface area contributed by atoms with Gasteiger partial charge in [0, 0.05) is 0 Å². The van der Waals surface area contributed by atoms with E-state index in [4.69, 9.17) is 30.0 Å². The number of esters is 1. The summed E-state index contributed by atoms with van der Waals surface area (Å²) in [5.41, 5.74) is 12.4. The number of carbonyl (C=O) groups excluding carboxylic acids is 1. The van der Waals surface area contributed by atoms with Gasteiger partial charge in [0.2, 0.25) is 0 Å². The summed E-state index contributed by atoms with van der Waals surface area (Å²) in [4.78, 5) is 24.5. The van der Waals surface area contributed by atoms with E-state index in [-0.39, 0.29) is 50.0 Å². The second kappa shape index (κ2) is 12.2. The first kappa shape index (κ1) is 29.2. The van der Waals surface area contributed by atoms with E-state index in [0.717, 1.165) is 0 Å². The molecule has 0 bridgehead atoms. The Labute approximate surface area is 231 Å². The molecule has 6 N–H and O–H groups in total. The molecule has 3 heterocycles. The van der Waals surface area contributed by atoms with Gasteiger partial charge < -0.3 is 0 Å². The second-order valence-electron chi connectivity index (χ2n) is 9.08. The molecule has 0 spiro atoms. The first-order valence-corrected chi connectivity index (χ1v) is 16.3. The molecule has 1 fully saturated rings. The number of aromatic nitrogens is 4. The number of ether oxygens (including phenoxy) is 2. The van der Waals surface area contributed by atoms with Crippen LogP contribution in [0.25, 0.3) is 11.2 Å². The predicted molar refractivity (Wildman–Crippen MR) is 144 cm³/mol. The number of nitrogens with two attached hydrogens (primary N) is 2. The molecule has 1 unspecified atom stereocenters. The Hall–Kier alpha value is -2.77. The Morgan fingerprint density at radius 3 is 2.64 bits per heavy atom. The molecule has 3 aromatic rings. The van der Waals surface area contributed by atoms with Crippen molar-refractivity contribution in [2.24, 2.45) is 0 Å². The van der Waals surface area contributed by atoms with Crippen molar-refractivity contribution in [3.05, 3.63) is 36.7 Å². The zero-order chi connectivity index (χ0) is 28.3. The van der Waals surface area contributed by atoms with Crippen molar-refractivity contribution in [1.29, 1.82) is 0 Å². The van der Waals surface area contributed by atoms with Gasteiger partial charge in [0.1, 0.15) is 0 Å². The number of hydrogen-bond donors (Lipinski definition) is 4. The summed E-state index contributed by atoms with van der Waals surface area (Å²) in [6.07, 6.45) is -1.38. The molecule has 1 saturated heterocycles. The quantitative estimate of drug-likeness (QED) is 0.137. The van der Waals surface area contributed by atoms with Gasteiger partial charge in [-0.3, -0.25) is 0 Å². The van der Waals surface area contributed by atoms with Gasteiger partial charge in [-0.15, -0.1) is 0 Å². The van der Waals surface area contributed by atoms with Gasteiger partial charge in [0.05, 0.1) is 0 Å². The van der Waals surface area contributed by atoms with Crippen LogP contribution in [0.5, 0.6) is 5.75 Å². The first-order valence-electron chi connectivity index (χ1n) is 12.1. The summed E-state index contributed by atoms with van der Waals surface area (Å²) in [6.45, 7) is 4.60. The Kier molecular flexibility index (Phi) is 9.12. The van der Waals surface area contributed by atoms with Gasteiger partial charge in [-0.2, -0.15) is 0 Å². The van der Waals surface area contributed by atoms with E-state index in [9.17, 15) is 14.5 Å². The van der Waals surface area contributed by atoms with Crippen LogP contribution in [0.4, 0.5) is 11.8 Å². The number of carbonyl (C=O) groups is 1. The Balaban J connectivity index is 1.54. The number of hydrogen-bond acceptors (Lipinski definition) is 12. The zero-order valence-corrected chi connectivity index (χ0v) is 24.4. The molecule has 39 heavy (non-hydrogen) atoms. The van der Waals surface area contributed by atoms with Gasteiger partial charge >= 0.3 is 232 Å². The number of nitrogens with one attached hydrogen (secondary N) is 1. The summed E-state index contributed by atoms with van der Waals surface area (Å²) in [5.74, 6) is 1.71. The van der Waals surface area contributed by atoms with E-state index in [1.165, 1.54) is 13.3 Å². The van der Waals surface area contributed by atoms with Crippen molar-refractivity contribution in [1.82, 2.24) is 24.6 Å². The van der Waals surface area contributed by atoms with Crippen LogP contribution in [0.3, 0.4) is 0 Å². The number of aliphatic hydroxyl groups excluding tert-OH is 1. The van der Waals surface area contributed by atoms with Crippen molar-refractivity contribution in [2.75, 3.05) is 18.1 Å². The average Bonchev–Trinajstić information content (AvgIpc) is 3.43. The molecule has 1 aromatic carbocycles. The number of imidazole rings is 1. The molecule has 6 atom stereocenters. The summed E-state index contributed by atoms with van der Waals surface area (Å²) in [5, 5.41) is 13.8. The Morgan fingerprint density at radius 2 is 1.97 bits per heavy atom. The predicted octanol–water partition coefficient (Wildman–Crippen LogP) is 1.92. The van der Waals surface area contributed by atoms with Gasteiger partial charge in [-0.25, -0.2) is 0 Å². The topological polar surface area (TPSA) is 199 Å². The number of aliphatic hydroxyl groups is 1. The van der Waals surface area contributed by atoms with Crippen molar-refractivity contribution in [2.45, 2.75) is 62.0 Å². The van der Waals surface area contributed by atoms with Gasteiger partial charge in [-0.05, 0) is 0 Å². The number of fused-ring (bicyclic) bond motifs is 1. The molecular weight excluding hydrogens is 596 g/mol. The van der Waals surface area contributed by atoms with Gasteiger partial charge in [0.25, 0.3) is 0 Å². The number of nitrogen functional groups attached to an aromatic ring is 2. The van der Waals surface area contributed by atoms with E-state index in [0.29, 0.717) is 11.2 Å². The van der Waals surface area contributed by atoms with E-state index in [2.05, 4.69) is 20.0 Å². The summed E-state index contributed by atoms with van der Waals surface area (Å²) in [6, 6.07) is 7.38. The molecule has 4 rings (SSSR count). The summed E-state index contributed by atoms with van der Waals surface area (Å²) >= 11 is -0.0862. The third-order valence-electron chi connectivity index (χ3n) is 5.76. The first-order chi connectivity index (χ1) is 18.5. The fourth-order valence-corrected chi connectivity index (χ4v) is 7.34. The molecule has 0 amide bonds. The van der Waals surface area contributed by atoms with Crippen LogP contribution < -0.4 is 21.1 Å². The fourth-order valence-electron chi connectivity index (χ4n) is 3.98. The van der Waals surface area contributed by atoms with Gasteiger partial charge in [-0.1, -0.05) is 0 Å². The van der Waals surface area contributed by atoms with Crippen molar-refractivity contribution in [3.8, 4) is 5.75 Å². The van der Waals surface area contributed by atoms with Crippen molar-refractivity contribution < 1.29 is 33.0 Å². The number of rotatable bonds is 11. The SMILES string of the molecule is C[Se][C@H]1[C@H](O)[C@@H](COP(=O)(N[C@@H](C)C(=O)OC(C)C)Oc2ccccc2)O[C@H]1n1cnc2c(N)nc(N)nc21. The van der Waals surface area contributed by atoms with E-state index in [1.807, 2.05) is 5.82 Å². The Morgan fingerprint density at radius 1 is 1.26 bits per heavy atom. The van der Waals surface area contributed by atoms with Crippen LogP contribution in [0.2, 0.25) is 10.6 Å². The molecular formula is C23H32N7O7PSe. The normalized spacial score (nSPS) is 23.5. The number of para-hydroxylation sites is 1. The Bertz CT molecular complexity index is 1350. The third-order valence-corrected chi connectivity index (χ3v) is 9.62. The maximum atomic E-state index is 13.8. The van der Waals surface area contributed by atoms with Crippen LogP contribution in [-0.2, 0) is 23.4 Å². The number of nitrogens with zero attached hydrogens (tertiary/aromatic N) is 4.